The summed E-state index contributed by atoms with van der Waals surface area (Å²) >= 11 is 0. The number of fused-ring (bicyclic) bond motifs is 3. The molecule has 0 unspecified atom stereocenters. The van der Waals surface area contributed by atoms with Gasteiger partial charge in [0.2, 0.25) is 0 Å². The van der Waals surface area contributed by atoms with Crippen LogP contribution >= 0.6 is 0 Å². The molecule has 1 N–H and O–H groups in total. The second-order valence-corrected chi connectivity index (χ2v) is 4.87. The van der Waals surface area contributed by atoms with Crippen LogP contribution in [0.3, 0.4) is 0 Å². The number of nitrogens with zero attached hydrogens (tertiary/aromatic N) is 3. The van der Waals surface area contributed by atoms with E-state index in [-0.39, 0.29) is 0 Å². The minimum atomic E-state index is 0.871. The van der Waals surface area contributed by atoms with E-state index in [1.54, 1.807) is 0 Å². The van der Waals surface area contributed by atoms with E-state index in [0.717, 1.165) is 34.4 Å². The second-order valence-electron chi connectivity index (χ2n) is 4.87. The molecule has 4 aromatic rings. The van der Waals surface area contributed by atoms with Crippen molar-refractivity contribution >= 4 is 16.7 Å². The molecule has 0 aliphatic heterocycles. The van der Waals surface area contributed by atoms with Crippen molar-refractivity contribution in [2.45, 2.75) is 13.3 Å². The van der Waals surface area contributed by atoms with Crippen molar-refractivity contribution in [1.82, 2.24) is 19.4 Å². The molecule has 0 saturated heterocycles. The summed E-state index contributed by atoms with van der Waals surface area (Å²) in [5, 5.41) is 1.05. The fourth-order valence-corrected chi connectivity index (χ4v) is 2.57. The molecule has 0 fully saturated rings. The smallest absolute Gasteiger partial charge is 0.149 e. The molecule has 0 amide bonds. The van der Waals surface area contributed by atoms with E-state index in [1.807, 2.05) is 29.2 Å². The number of imidazole rings is 1. The molecule has 0 aliphatic carbocycles. The van der Waals surface area contributed by atoms with Crippen molar-refractivity contribution in [1.29, 1.82) is 0 Å². The van der Waals surface area contributed by atoms with Gasteiger partial charge in [0.15, 0.2) is 0 Å². The molecule has 1 aromatic carbocycles. The Hall–Kier alpha value is -2.62. The summed E-state index contributed by atoms with van der Waals surface area (Å²) in [6.45, 7) is 2.16. The predicted molar refractivity (Wildman–Crippen MR) is 79.7 cm³/mol. The second kappa shape index (κ2) is 4.20. The van der Waals surface area contributed by atoms with Crippen molar-refractivity contribution in [2.75, 3.05) is 0 Å². The molecular weight excluding hydrogens is 248 g/mol. The van der Waals surface area contributed by atoms with Crippen LogP contribution in [0.15, 0.2) is 49.1 Å². The maximum Gasteiger partial charge on any atom is 0.149 e. The first-order valence-corrected chi connectivity index (χ1v) is 6.75. The highest BCUT2D eigenvalue weighted by molar-refractivity contribution is 5.90. The summed E-state index contributed by atoms with van der Waals surface area (Å²) in [6.07, 6.45) is 6.68. The largest absolute Gasteiger partial charge is 0.346 e. The van der Waals surface area contributed by atoms with Gasteiger partial charge in [-0.25, -0.2) is 9.97 Å². The maximum absolute atomic E-state index is 4.54. The Morgan fingerprint density at radius 2 is 1.95 bits per heavy atom. The molecule has 3 aromatic heterocycles. The minimum absolute atomic E-state index is 0.871. The molecule has 0 aliphatic rings. The number of aryl methyl sites for hydroxylation is 1. The third-order valence-corrected chi connectivity index (χ3v) is 3.72. The number of aromatic nitrogens is 4. The van der Waals surface area contributed by atoms with Gasteiger partial charge in [0, 0.05) is 11.8 Å². The lowest BCUT2D eigenvalue weighted by molar-refractivity contribution is 1.11. The standard InChI is InChI=1S/C16H14N4/c1-2-11-3-5-12(6-4-11)14-9-18-16-13-7-8-17-15(13)19-10-20(14)16/h3-10,17H,2H2,1H3. The van der Waals surface area contributed by atoms with Crippen molar-refractivity contribution in [3.63, 3.8) is 0 Å². The number of nitrogens with one attached hydrogen (secondary N) is 1. The van der Waals surface area contributed by atoms with Gasteiger partial charge in [-0.05, 0) is 18.1 Å². The minimum Gasteiger partial charge on any atom is -0.346 e. The summed E-state index contributed by atoms with van der Waals surface area (Å²) in [6, 6.07) is 10.6. The van der Waals surface area contributed by atoms with E-state index >= 15 is 0 Å². The molecule has 20 heavy (non-hydrogen) atoms. The van der Waals surface area contributed by atoms with Crippen LogP contribution in [0.25, 0.3) is 27.9 Å². The summed E-state index contributed by atoms with van der Waals surface area (Å²) in [4.78, 5) is 12.1. The zero-order valence-corrected chi connectivity index (χ0v) is 11.2. The van der Waals surface area contributed by atoms with E-state index in [1.165, 1.54) is 5.56 Å². The highest BCUT2D eigenvalue weighted by atomic mass is 15.1. The Balaban J connectivity index is 1.94. The van der Waals surface area contributed by atoms with Crippen LogP contribution < -0.4 is 0 Å². The Morgan fingerprint density at radius 1 is 1.10 bits per heavy atom. The molecule has 3 heterocycles. The summed E-state index contributed by atoms with van der Waals surface area (Å²) in [5.74, 6) is 0. The van der Waals surface area contributed by atoms with Gasteiger partial charge in [-0.3, -0.25) is 4.40 Å². The van der Waals surface area contributed by atoms with Gasteiger partial charge in [0.1, 0.15) is 17.6 Å². The van der Waals surface area contributed by atoms with Crippen molar-refractivity contribution in [3.05, 3.63) is 54.6 Å². The molecule has 0 saturated carbocycles. The molecule has 4 nitrogen and oxygen atoms in total. The van der Waals surface area contributed by atoms with E-state index in [0.29, 0.717) is 0 Å². The van der Waals surface area contributed by atoms with Crippen LogP contribution in [0, 0.1) is 0 Å². The molecule has 0 bridgehead atoms. The van der Waals surface area contributed by atoms with E-state index in [2.05, 4.69) is 46.1 Å². The fraction of sp³-hybridized carbons (Fsp3) is 0.125. The lowest BCUT2D eigenvalue weighted by atomic mass is 10.1. The van der Waals surface area contributed by atoms with Crippen LogP contribution in [0.5, 0.6) is 0 Å². The lowest BCUT2D eigenvalue weighted by Gasteiger charge is -2.03. The van der Waals surface area contributed by atoms with Gasteiger partial charge in [0.05, 0.1) is 17.3 Å². The zero-order chi connectivity index (χ0) is 13.5. The first-order valence-electron chi connectivity index (χ1n) is 6.75. The lowest BCUT2D eigenvalue weighted by Crippen LogP contribution is -1.91. The molecule has 0 atom stereocenters. The average Bonchev–Trinajstić information content (AvgIpc) is 3.13. The molecular formula is C16H14N4. The molecule has 4 rings (SSSR count). The van der Waals surface area contributed by atoms with Gasteiger partial charge in [-0.15, -0.1) is 0 Å². The summed E-state index contributed by atoms with van der Waals surface area (Å²) in [5.41, 5.74) is 5.38. The fourth-order valence-electron chi connectivity index (χ4n) is 2.57. The van der Waals surface area contributed by atoms with Crippen LogP contribution in [-0.2, 0) is 6.42 Å². The third kappa shape index (κ3) is 1.54. The zero-order valence-electron chi connectivity index (χ0n) is 11.2. The summed E-state index contributed by atoms with van der Waals surface area (Å²) in [7, 11) is 0. The van der Waals surface area contributed by atoms with E-state index in [9.17, 15) is 0 Å². The number of hydrogen-bond donors (Lipinski definition) is 1. The number of hydrogen-bond acceptors (Lipinski definition) is 2. The number of benzene rings is 1. The quantitative estimate of drug-likeness (QED) is 0.601. The van der Waals surface area contributed by atoms with Crippen LogP contribution in [0.4, 0.5) is 0 Å². The normalized spacial score (nSPS) is 11.4. The molecule has 0 radical (unpaired) electrons. The van der Waals surface area contributed by atoms with Crippen molar-refractivity contribution in [2.24, 2.45) is 0 Å². The SMILES string of the molecule is CCc1ccc(-c2cnc3c4cc[nH]c4ncn23)cc1. The number of aromatic amines is 1. The van der Waals surface area contributed by atoms with E-state index < -0.39 is 0 Å². The number of rotatable bonds is 2. The van der Waals surface area contributed by atoms with Crippen LogP contribution in [0.1, 0.15) is 12.5 Å². The first kappa shape index (κ1) is 11.2. The summed E-state index contributed by atoms with van der Waals surface area (Å²) < 4.78 is 2.04. The van der Waals surface area contributed by atoms with E-state index in [4.69, 9.17) is 0 Å². The highest BCUT2D eigenvalue weighted by Crippen LogP contribution is 2.24. The van der Waals surface area contributed by atoms with Gasteiger partial charge in [0.25, 0.3) is 0 Å². The van der Waals surface area contributed by atoms with Gasteiger partial charge < -0.3 is 4.98 Å². The highest BCUT2D eigenvalue weighted by Gasteiger charge is 2.09. The maximum atomic E-state index is 4.54. The topological polar surface area (TPSA) is 46.0 Å². The van der Waals surface area contributed by atoms with Gasteiger partial charge in [-0.2, -0.15) is 0 Å². The third-order valence-electron chi connectivity index (χ3n) is 3.72. The van der Waals surface area contributed by atoms with Crippen LogP contribution in [-0.4, -0.2) is 19.4 Å². The van der Waals surface area contributed by atoms with Gasteiger partial charge >= 0.3 is 0 Å². The van der Waals surface area contributed by atoms with Crippen molar-refractivity contribution in [3.8, 4) is 11.3 Å². The Morgan fingerprint density at radius 3 is 2.75 bits per heavy atom. The number of H-pyrrole nitrogens is 1. The Bertz CT molecular complexity index is 884. The molecule has 0 spiro atoms. The first-order chi connectivity index (χ1) is 9.86. The van der Waals surface area contributed by atoms with Crippen LogP contribution in [0.2, 0.25) is 0 Å². The monoisotopic (exact) mass is 262 g/mol. The van der Waals surface area contributed by atoms with Crippen molar-refractivity contribution < 1.29 is 0 Å². The predicted octanol–water partition coefficient (Wildman–Crippen LogP) is 3.44. The average molecular weight is 262 g/mol. The Labute approximate surface area is 116 Å². The Kier molecular flexibility index (Phi) is 2.36. The molecule has 98 valence electrons. The molecule has 4 heteroatoms. The van der Waals surface area contributed by atoms with Gasteiger partial charge in [-0.1, -0.05) is 31.2 Å².